The van der Waals surface area contributed by atoms with Gasteiger partial charge in [-0.25, -0.2) is 4.39 Å². The minimum atomic E-state index is -0.241. The zero-order chi connectivity index (χ0) is 22.8. The summed E-state index contributed by atoms with van der Waals surface area (Å²) in [5.41, 5.74) is 5.52. The molecule has 166 valence electrons. The van der Waals surface area contributed by atoms with Gasteiger partial charge in [0.2, 0.25) is 5.91 Å². The molecule has 1 amide bonds. The molecule has 4 heteroatoms. The van der Waals surface area contributed by atoms with Crippen molar-refractivity contribution >= 4 is 23.2 Å². The summed E-state index contributed by atoms with van der Waals surface area (Å²) in [6.45, 7) is 6.02. The van der Waals surface area contributed by atoms with Crippen LogP contribution in [0.25, 0.3) is 11.1 Å². The third-order valence-electron chi connectivity index (χ3n) is 6.74. The molecule has 0 aromatic heterocycles. The Hall–Kier alpha value is -2.65. The topological polar surface area (TPSA) is 20.3 Å². The molecule has 1 aliphatic heterocycles. The molecule has 3 aromatic rings. The van der Waals surface area contributed by atoms with Gasteiger partial charge in [-0.05, 0) is 90.3 Å². The second kappa shape index (κ2) is 9.46. The lowest BCUT2D eigenvalue weighted by atomic mass is 9.73. The molecule has 0 radical (unpaired) electrons. The molecule has 0 spiro atoms. The Balaban J connectivity index is 1.76. The van der Waals surface area contributed by atoms with E-state index in [1.807, 2.05) is 35.2 Å². The molecule has 0 aliphatic carbocycles. The lowest BCUT2D eigenvalue weighted by Gasteiger charge is -2.42. The fourth-order valence-corrected chi connectivity index (χ4v) is 5.28. The van der Waals surface area contributed by atoms with Crippen LogP contribution in [0.5, 0.6) is 0 Å². The van der Waals surface area contributed by atoms with Crippen LogP contribution in [-0.4, -0.2) is 11.9 Å². The van der Waals surface area contributed by atoms with Gasteiger partial charge in [0, 0.05) is 23.7 Å². The molecular weight excluding hydrogens is 421 g/mol. The summed E-state index contributed by atoms with van der Waals surface area (Å²) >= 11 is 6.09. The molecule has 3 aromatic carbocycles. The Morgan fingerprint density at radius 1 is 1.06 bits per heavy atom. The second-order valence-corrected chi connectivity index (χ2v) is 9.30. The largest absolute Gasteiger partial charge is 0.310 e. The molecule has 32 heavy (non-hydrogen) atoms. The Bertz CT molecular complexity index is 1090. The van der Waals surface area contributed by atoms with E-state index in [0.717, 1.165) is 41.1 Å². The quantitative estimate of drug-likeness (QED) is 0.391. The molecule has 0 bridgehead atoms. The molecule has 3 atom stereocenters. The van der Waals surface area contributed by atoms with E-state index in [-0.39, 0.29) is 17.8 Å². The average molecular weight is 450 g/mol. The molecular formula is C28H29ClFNO. The number of carbonyl (C=O) groups is 1. The highest BCUT2D eigenvalue weighted by Crippen LogP contribution is 2.45. The Morgan fingerprint density at radius 2 is 1.72 bits per heavy atom. The van der Waals surface area contributed by atoms with Crippen molar-refractivity contribution in [2.75, 3.05) is 4.90 Å². The number of amides is 1. The second-order valence-electron chi connectivity index (χ2n) is 8.86. The van der Waals surface area contributed by atoms with Gasteiger partial charge in [0.1, 0.15) is 5.82 Å². The highest BCUT2D eigenvalue weighted by Gasteiger charge is 2.36. The molecule has 1 aliphatic rings. The number of nitrogens with zero attached hydrogens (tertiary/aromatic N) is 1. The average Bonchev–Trinajstić information content (AvgIpc) is 2.78. The Labute approximate surface area is 195 Å². The van der Waals surface area contributed by atoms with E-state index < -0.39 is 0 Å². The summed E-state index contributed by atoms with van der Waals surface area (Å²) in [6.07, 6.45) is 2.93. The predicted molar refractivity (Wildman–Crippen MR) is 131 cm³/mol. The monoisotopic (exact) mass is 449 g/mol. The molecule has 0 saturated heterocycles. The van der Waals surface area contributed by atoms with Crippen molar-refractivity contribution < 1.29 is 9.18 Å². The summed E-state index contributed by atoms with van der Waals surface area (Å²) < 4.78 is 13.5. The maximum Gasteiger partial charge on any atom is 0.224 e. The maximum absolute atomic E-state index is 13.5. The summed E-state index contributed by atoms with van der Waals surface area (Å²) in [4.78, 5) is 14.4. The van der Waals surface area contributed by atoms with Gasteiger partial charge in [-0.15, -0.1) is 0 Å². The van der Waals surface area contributed by atoms with Gasteiger partial charge in [-0.1, -0.05) is 55.3 Å². The summed E-state index contributed by atoms with van der Waals surface area (Å²) in [5.74, 6) is 0.597. The van der Waals surface area contributed by atoms with Crippen LogP contribution in [0.15, 0.2) is 66.7 Å². The van der Waals surface area contributed by atoms with Crippen molar-refractivity contribution in [1.29, 1.82) is 0 Å². The lowest BCUT2D eigenvalue weighted by Crippen LogP contribution is -2.43. The lowest BCUT2D eigenvalue weighted by molar-refractivity contribution is -0.117. The van der Waals surface area contributed by atoms with Gasteiger partial charge < -0.3 is 4.90 Å². The minimum absolute atomic E-state index is 0.0671. The zero-order valence-corrected chi connectivity index (χ0v) is 19.6. The van der Waals surface area contributed by atoms with Crippen molar-refractivity contribution in [3.63, 3.8) is 0 Å². The summed E-state index contributed by atoms with van der Waals surface area (Å²) in [6, 6.07) is 21.2. The maximum atomic E-state index is 13.5. The van der Waals surface area contributed by atoms with Gasteiger partial charge in [0.25, 0.3) is 0 Å². The number of anilines is 1. The molecule has 3 unspecified atom stereocenters. The molecule has 0 N–H and O–H groups in total. The van der Waals surface area contributed by atoms with Crippen molar-refractivity contribution in [3.05, 3.63) is 88.7 Å². The minimum Gasteiger partial charge on any atom is -0.310 e. The van der Waals surface area contributed by atoms with E-state index in [1.54, 1.807) is 6.92 Å². The number of hydrogen-bond acceptors (Lipinski definition) is 1. The number of carbonyl (C=O) groups excluding carboxylic acids is 1. The molecule has 0 saturated carbocycles. The SMILES string of the molecule is CCC(Cc1ccc(Cl)cc1)C1CC(C)N(C(C)=O)c2ccc(-c3ccc(F)cc3)cc21. The fraction of sp³-hybridized carbons (Fsp3) is 0.321. The van der Waals surface area contributed by atoms with Gasteiger partial charge in [-0.3, -0.25) is 4.79 Å². The standard InChI is InChI=1S/C28H29ClFNO/c1-4-21(16-20-5-10-24(29)11-6-20)26-15-18(2)31(19(3)32)28-14-9-23(17-27(26)28)22-7-12-25(30)13-8-22/h5-14,17-18,21,26H,4,15-16H2,1-3H3. The number of rotatable bonds is 5. The smallest absolute Gasteiger partial charge is 0.224 e. The van der Waals surface area contributed by atoms with E-state index in [9.17, 15) is 9.18 Å². The van der Waals surface area contributed by atoms with Crippen LogP contribution in [0.1, 0.15) is 50.7 Å². The van der Waals surface area contributed by atoms with Crippen LogP contribution < -0.4 is 4.90 Å². The van der Waals surface area contributed by atoms with E-state index >= 15 is 0 Å². The molecule has 1 heterocycles. The van der Waals surface area contributed by atoms with Gasteiger partial charge >= 0.3 is 0 Å². The van der Waals surface area contributed by atoms with Crippen molar-refractivity contribution in [2.24, 2.45) is 5.92 Å². The molecule has 2 nitrogen and oxygen atoms in total. The number of benzene rings is 3. The zero-order valence-electron chi connectivity index (χ0n) is 18.8. The van der Waals surface area contributed by atoms with Crippen LogP contribution in [0.4, 0.5) is 10.1 Å². The first-order valence-electron chi connectivity index (χ1n) is 11.3. The number of hydrogen-bond donors (Lipinski definition) is 0. The predicted octanol–water partition coefficient (Wildman–Crippen LogP) is 7.64. The normalized spacial score (nSPS) is 18.8. The summed E-state index contributed by atoms with van der Waals surface area (Å²) in [5, 5.41) is 0.750. The van der Waals surface area contributed by atoms with E-state index in [4.69, 9.17) is 11.6 Å². The van der Waals surface area contributed by atoms with Crippen molar-refractivity contribution in [1.82, 2.24) is 0 Å². The van der Waals surface area contributed by atoms with Crippen molar-refractivity contribution in [2.45, 2.75) is 52.0 Å². The Morgan fingerprint density at radius 3 is 2.34 bits per heavy atom. The first kappa shape index (κ1) is 22.5. The van der Waals surface area contributed by atoms with Crippen LogP contribution in [-0.2, 0) is 11.2 Å². The highest BCUT2D eigenvalue weighted by atomic mass is 35.5. The first-order valence-corrected chi connectivity index (χ1v) is 11.7. The molecule has 4 rings (SSSR count). The third kappa shape index (κ3) is 4.59. The van der Waals surface area contributed by atoms with E-state index in [1.165, 1.54) is 23.3 Å². The van der Waals surface area contributed by atoms with Crippen LogP contribution in [0, 0.1) is 11.7 Å². The first-order chi connectivity index (χ1) is 15.4. The Kier molecular flexibility index (Phi) is 6.66. The van der Waals surface area contributed by atoms with Crippen LogP contribution in [0.2, 0.25) is 5.02 Å². The van der Waals surface area contributed by atoms with E-state index in [2.05, 4.69) is 38.1 Å². The highest BCUT2D eigenvalue weighted by molar-refractivity contribution is 6.30. The summed E-state index contributed by atoms with van der Waals surface area (Å²) in [7, 11) is 0. The van der Waals surface area contributed by atoms with Gasteiger partial charge in [0.15, 0.2) is 0 Å². The van der Waals surface area contributed by atoms with Crippen LogP contribution >= 0.6 is 11.6 Å². The number of halogens is 2. The molecule has 0 fully saturated rings. The van der Waals surface area contributed by atoms with Gasteiger partial charge in [-0.2, -0.15) is 0 Å². The van der Waals surface area contributed by atoms with Gasteiger partial charge in [0.05, 0.1) is 0 Å². The number of fused-ring (bicyclic) bond motifs is 1. The van der Waals surface area contributed by atoms with E-state index in [0.29, 0.717) is 11.8 Å². The van der Waals surface area contributed by atoms with Crippen LogP contribution in [0.3, 0.4) is 0 Å². The fourth-order valence-electron chi connectivity index (χ4n) is 5.15. The van der Waals surface area contributed by atoms with Crippen molar-refractivity contribution in [3.8, 4) is 11.1 Å². The third-order valence-corrected chi connectivity index (χ3v) is 7.00.